The highest BCUT2D eigenvalue weighted by atomic mass is 79.9. The van der Waals surface area contributed by atoms with E-state index in [9.17, 15) is 0 Å². The number of benzene rings is 1. The van der Waals surface area contributed by atoms with E-state index in [2.05, 4.69) is 52.4 Å². The maximum Gasteiger partial charge on any atom is 0.0178 e. The predicted molar refractivity (Wildman–Crippen MR) is 79.9 cm³/mol. The predicted octanol–water partition coefficient (Wildman–Crippen LogP) is 4.26. The van der Waals surface area contributed by atoms with Crippen LogP contribution in [0.15, 0.2) is 28.7 Å². The largest absolute Gasteiger partial charge is 0.316 e. The van der Waals surface area contributed by atoms with Gasteiger partial charge in [0.05, 0.1) is 0 Å². The third-order valence-electron chi connectivity index (χ3n) is 4.71. The SMILES string of the molecule is CCCNCC1(c2cccc(Br)c2)CC2(CC2)C1. The molecule has 0 saturated heterocycles. The Morgan fingerprint density at radius 1 is 1.28 bits per heavy atom. The lowest BCUT2D eigenvalue weighted by molar-refractivity contribution is 0.116. The number of rotatable bonds is 5. The Labute approximate surface area is 118 Å². The second-order valence-corrected chi connectivity index (χ2v) is 7.24. The Kier molecular flexibility index (Phi) is 3.27. The van der Waals surface area contributed by atoms with Gasteiger partial charge in [0.15, 0.2) is 0 Å². The number of halogens is 1. The fourth-order valence-electron chi connectivity index (χ4n) is 3.67. The van der Waals surface area contributed by atoms with E-state index in [1.54, 1.807) is 0 Å². The minimum Gasteiger partial charge on any atom is -0.316 e. The van der Waals surface area contributed by atoms with Crippen LogP contribution in [0.5, 0.6) is 0 Å². The Morgan fingerprint density at radius 2 is 2.06 bits per heavy atom. The number of hydrogen-bond donors (Lipinski definition) is 1. The van der Waals surface area contributed by atoms with Crippen molar-refractivity contribution in [3.8, 4) is 0 Å². The van der Waals surface area contributed by atoms with Crippen molar-refractivity contribution in [1.29, 1.82) is 0 Å². The summed E-state index contributed by atoms with van der Waals surface area (Å²) >= 11 is 3.61. The summed E-state index contributed by atoms with van der Waals surface area (Å²) < 4.78 is 1.21. The van der Waals surface area contributed by atoms with Crippen LogP contribution in [0.25, 0.3) is 0 Å². The Balaban J connectivity index is 1.77. The lowest BCUT2D eigenvalue weighted by Crippen LogP contribution is -2.49. The summed E-state index contributed by atoms with van der Waals surface area (Å²) in [6.07, 6.45) is 6.95. The molecule has 2 saturated carbocycles. The fourth-order valence-corrected chi connectivity index (χ4v) is 4.07. The summed E-state index contributed by atoms with van der Waals surface area (Å²) in [6.45, 7) is 4.53. The van der Waals surface area contributed by atoms with Gasteiger partial charge in [-0.05, 0) is 61.8 Å². The van der Waals surface area contributed by atoms with Crippen molar-refractivity contribution in [2.75, 3.05) is 13.1 Å². The van der Waals surface area contributed by atoms with Gasteiger partial charge in [0, 0.05) is 16.4 Å². The van der Waals surface area contributed by atoms with Crippen molar-refractivity contribution in [3.05, 3.63) is 34.3 Å². The van der Waals surface area contributed by atoms with Crippen molar-refractivity contribution in [1.82, 2.24) is 5.32 Å². The van der Waals surface area contributed by atoms with Gasteiger partial charge in [0.2, 0.25) is 0 Å². The summed E-state index contributed by atoms with van der Waals surface area (Å²) in [5.74, 6) is 0. The van der Waals surface area contributed by atoms with E-state index < -0.39 is 0 Å². The molecule has 1 aromatic rings. The average molecular weight is 308 g/mol. The Bertz CT molecular complexity index is 428. The summed E-state index contributed by atoms with van der Waals surface area (Å²) in [5, 5.41) is 3.65. The molecule has 2 fully saturated rings. The first-order valence-electron chi connectivity index (χ1n) is 7.15. The molecule has 0 bridgehead atoms. The van der Waals surface area contributed by atoms with Crippen LogP contribution in [0.2, 0.25) is 0 Å². The van der Waals surface area contributed by atoms with E-state index in [4.69, 9.17) is 0 Å². The molecule has 1 aromatic carbocycles. The molecular weight excluding hydrogens is 286 g/mol. The van der Waals surface area contributed by atoms with Gasteiger partial charge < -0.3 is 5.32 Å². The minimum absolute atomic E-state index is 0.412. The van der Waals surface area contributed by atoms with Crippen LogP contribution in [0.4, 0.5) is 0 Å². The zero-order chi connectivity index (χ0) is 12.6. The highest BCUT2D eigenvalue weighted by Gasteiger charge is 2.60. The van der Waals surface area contributed by atoms with Gasteiger partial charge in [-0.25, -0.2) is 0 Å². The summed E-state index contributed by atoms with van der Waals surface area (Å²) in [5.41, 5.74) is 2.68. The molecular formula is C16H22BrN. The highest BCUT2D eigenvalue weighted by molar-refractivity contribution is 9.10. The maximum absolute atomic E-state index is 3.65. The molecule has 2 aliphatic carbocycles. The van der Waals surface area contributed by atoms with Crippen LogP contribution < -0.4 is 5.32 Å². The Morgan fingerprint density at radius 3 is 2.67 bits per heavy atom. The first kappa shape index (κ1) is 12.7. The summed E-state index contributed by atoms with van der Waals surface area (Å²) in [6, 6.07) is 8.94. The molecule has 3 rings (SSSR count). The molecule has 1 spiro atoms. The van der Waals surface area contributed by atoms with Gasteiger partial charge in [-0.1, -0.05) is 35.0 Å². The van der Waals surface area contributed by atoms with Gasteiger partial charge in [-0.2, -0.15) is 0 Å². The lowest BCUT2D eigenvalue weighted by Gasteiger charge is -2.49. The van der Waals surface area contributed by atoms with Crippen molar-refractivity contribution < 1.29 is 0 Å². The second-order valence-electron chi connectivity index (χ2n) is 6.32. The van der Waals surface area contributed by atoms with E-state index in [0.29, 0.717) is 5.41 Å². The Hall–Kier alpha value is -0.340. The quantitative estimate of drug-likeness (QED) is 0.801. The molecule has 18 heavy (non-hydrogen) atoms. The second kappa shape index (κ2) is 4.64. The van der Waals surface area contributed by atoms with Crippen LogP contribution in [0, 0.1) is 5.41 Å². The fraction of sp³-hybridized carbons (Fsp3) is 0.625. The molecule has 0 unspecified atom stereocenters. The molecule has 1 nitrogen and oxygen atoms in total. The minimum atomic E-state index is 0.412. The molecule has 0 atom stereocenters. The van der Waals surface area contributed by atoms with E-state index in [1.165, 1.54) is 42.1 Å². The summed E-state index contributed by atoms with van der Waals surface area (Å²) in [4.78, 5) is 0. The van der Waals surface area contributed by atoms with Crippen molar-refractivity contribution in [2.45, 2.75) is 44.4 Å². The third kappa shape index (κ3) is 2.25. The van der Waals surface area contributed by atoms with Crippen LogP contribution in [0.3, 0.4) is 0 Å². The van der Waals surface area contributed by atoms with E-state index in [1.807, 2.05) is 0 Å². The topological polar surface area (TPSA) is 12.0 Å². The standard InChI is InChI=1S/C16H22BrN/c1-2-8-18-12-16(10-15(11-16)6-7-15)13-4-3-5-14(17)9-13/h3-5,9,18H,2,6-8,10-12H2,1H3. The van der Waals surface area contributed by atoms with Crippen LogP contribution in [-0.4, -0.2) is 13.1 Å². The molecule has 0 aromatic heterocycles. The van der Waals surface area contributed by atoms with Gasteiger partial charge in [0.1, 0.15) is 0 Å². The summed E-state index contributed by atoms with van der Waals surface area (Å²) in [7, 11) is 0. The van der Waals surface area contributed by atoms with Gasteiger partial charge in [-0.3, -0.25) is 0 Å². The maximum atomic E-state index is 3.65. The zero-order valence-corrected chi connectivity index (χ0v) is 12.7. The smallest absolute Gasteiger partial charge is 0.0178 e. The highest BCUT2D eigenvalue weighted by Crippen LogP contribution is 2.68. The van der Waals surface area contributed by atoms with E-state index in [-0.39, 0.29) is 0 Å². The van der Waals surface area contributed by atoms with E-state index in [0.717, 1.165) is 18.5 Å². The molecule has 0 amide bonds. The van der Waals surface area contributed by atoms with Gasteiger partial charge >= 0.3 is 0 Å². The molecule has 2 heteroatoms. The van der Waals surface area contributed by atoms with Crippen molar-refractivity contribution in [2.24, 2.45) is 5.41 Å². The van der Waals surface area contributed by atoms with Crippen molar-refractivity contribution in [3.63, 3.8) is 0 Å². The zero-order valence-electron chi connectivity index (χ0n) is 11.1. The molecule has 2 aliphatic rings. The average Bonchev–Trinajstić information content (AvgIpc) is 3.08. The monoisotopic (exact) mass is 307 g/mol. The molecule has 0 heterocycles. The van der Waals surface area contributed by atoms with Crippen molar-refractivity contribution >= 4 is 15.9 Å². The molecule has 1 N–H and O–H groups in total. The molecule has 0 radical (unpaired) electrons. The van der Waals surface area contributed by atoms with Crippen LogP contribution in [0.1, 0.15) is 44.6 Å². The van der Waals surface area contributed by atoms with E-state index >= 15 is 0 Å². The number of nitrogens with one attached hydrogen (secondary N) is 1. The molecule has 98 valence electrons. The van der Waals surface area contributed by atoms with Gasteiger partial charge in [0.25, 0.3) is 0 Å². The van der Waals surface area contributed by atoms with Gasteiger partial charge in [-0.15, -0.1) is 0 Å². The van der Waals surface area contributed by atoms with Crippen LogP contribution in [-0.2, 0) is 5.41 Å². The van der Waals surface area contributed by atoms with Crippen LogP contribution >= 0.6 is 15.9 Å². The number of hydrogen-bond acceptors (Lipinski definition) is 1. The first-order valence-corrected chi connectivity index (χ1v) is 7.94. The third-order valence-corrected chi connectivity index (χ3v) is 5.20. The normalized spacial score (nSPS) is 22.8. The lowest BCUT2D eigenvalue weighted by atomic mass is 9.56. The molecule has 0 aliphatic heterocycles. The first-order chi connectivity index (χ1) is 8.68.